The Morgan fingerprint density at radius 2 is 1.76 bits per heavy atom. The molecule has 29 heavy (non-hydrogen) atoms. The Morgan fingerprint density at radius 1 is 1.10 bits per heavy atom. The average molecular weight is 416 g/mol. The van der Waals surface area contributed by atoms with Crippen LogP contribution in [0, 0.1) is 6.92 Å². The van der Waals surface area contributed by atoms with E-state index in [-0.39, 0.29) is 24.6 Å². The van der Waals surface area contributed by atoms with Gasteiger partial charge < -0.3 is 10.6 Å². The summed E-state index contributed by atoms with van der Waals surface area (Å²) < 4.78 is 25.4. The first kappa shape index (κ1) is 22.3. The highest BCUT2D eigenvalue weighted by Crippen LogP contribution is 2.16. The fraction of sp³-hybridized carbons (Fsp3) is 0.238. The van der Waals surface area contributed by atoms with Gasteiger partial charge in [-0.05, 0) is 24.6 Å². The van der Waals surface area contributed by atoms with Crippen LogP contribution in [0.4, 0.5) is 5.69 Å². The number of para-hydroxylation sites is 1. The van der Waals surface area contributed by atoms with Crippen molar-refractivity contribution in [3.8, 4) is 0 Å². The highest BCUT2D eigenvalue weighted by atomic mass is 32.2. The van der Waals surface area contributed by atoms with E-state index in [4.69, 9.17) is 0 Å². The van der Waals surface area contributed by atoms with Crippen LogP contribution in [0.25, 0.3) is 0 Å². The molecule has 2 aromatic rings. The maximum atomic E-state index is 12.5. The second kappa shape index (κ2) is 9.99. The number of rotatable bonds is 9. The van der Waals surface area contributed by atoms with E-state index in [1.165, 1.54) is 0 Å². The maximum Gasteiger partial charge on any atom is 0.253 e. The van der Waals surface area contributed by atoms with Gasteiger partial charge in [0, 0.05) is 13.1 Å². The third-order valence-electron chi connectivity index (χ3n) is 4.12. The quantitative estimate of drug-likeness (QED) is 0.615. The van der Waals surface area contributed by atoms with Gasteiger partial charge in [0.1, 0.15) is 0 Å². The van der Waals surface area contributed by atoms with E-state index < -0.39 is 15.9 Å². The number of carbonyl (C=O) groups is 2. The molecule has 2 rings (SSSR count). The van der Waals surface area contributed by atoms with Crippen LogP contribution < -0.4 is 10.6 Å². The molecular weight excluding hydrogens is 390 g/mol. The number of anilines is 1. The summed E-state index contributed by atoms with van der Waals surface area (Å²) >= 11 is 0. The van der Waals surface area contributed by atoms with E-state index in [1.54, 1.807) is 30.3 Å². The SMILES string of the molecule is C=CCNC(=O)c1ccccc1NC(=O)CN(Cc1ccc(C)cc1)S(C)(=O)=O. The van der Waals surface area contributed by atoms with Gasteiger partial charge in [0.25, 0.3) is 5.91 Å². The van der Waals surface area contributed by atoms with Crippen LogP contribution in [0.5, 0.6) is 0 Å². The molecule has 0 bridgehead atoms. The zero-order valence-corrected chi connectivity index (χ0v) is 17.3. The third kappa shape index (κ3) is 6.85. The Kier molecular flexibility index (Phi) is 7.69. The summed E-state index contributed by atoms with van der Waals surface area (Å²) in [7, 11) is -3.62. The van der Waals surface area contributed by atoms with Crippen LogP contribution in [-0.2, 0) is 21.4 Å². The predicted octanol–water partition coefficient (Wildman–Crippen LogP) is 2.31. The Morgan fingerprint density at radius 3 is 2.38 bits per heavy atom. The summed E-state index contributed by atoms with van der Waals surface area (Å²) in [4.78, 5) is 24.8. The summed E-state index contributed by atoms with van der Waals surface area (Å²) in [6.45, 7) is 5.49. The topological polar surface area (TPSA) is 95.6 Å². The first-order chi connectivity index (χ1) is 13.7. The number of nitrogens with one attached hydrogen (secondary N) is 2. The normalized spacial score (nSPS) is 11.1. The van der Waals surface area contributed by atoms with E-state index in [9.17, 15) is 18.0 Å². The fourth-order valence-electron chi connectivity index (χ4n) is 2.59. The van der Waals surface area contributed by atoms with Crippen molar-refractivity contribution < 1.29 is 18.0 Å². The van der Waals surface area contributed by atoms with Crippen molar-refractivity contribution in [3.05, 3.63) is 77.9 Å². The largest absolute Gasteiger partial charge is 0.349 e. The minimum absolute atomic E-state index is 0.0774. The molecular formula is C21H25N3O4S. The highest BCUT2D eigenvalue weighted by Gasteiger charge is 2.21. The van der Waals surface area contributed by atoms with E-state index in [0.717, 1.165) is 21.7 Å². The molecule has 0 aliphatic rings. The van der Waals surface area contributed by atoms with E-state index in [0.29, 0.717) is 12.2 Å². The molecule has 0 saturated carbocycles. The Hall–Kier alpha value is -2.97. The van der Waals surface area contributed by atoms with Crippen LogP contribution in [0.1, 0.15) is 21.5 Å². The van der Waals surface area contributed by atoms with Gasteiger partial charge >= 0.3 is 0 Å². The molecule has 0 saturated heterocycles. The summed E-state index contributed by atoms with van der Waals surface area (Å²) in [6, 6.07) is 13.9. The molecule has 7 nitrogen and oxygen atoms in total. The Labute approximate surface area is 171 Å². The summed E-state index contributed by atoms with van der Waals surface area (Å²) in [5.74, 6) is -0.896. The van der Waals surface area contributed by atoms with Gasteiger partial charge in [0.05, 0.1) is 24.1 Å². The number of aryl methyl sites for hydroxylation is 1. The molecule has 0 aliphatic heterocycles. The summed E-state index contributed by atoms with van der Waals surface area (Å²) in [5.41, 5.74) is 2.43. The second-order valence-corrected chi connectivity index (χ2v) is 8.59. The molecule has 0 unspecified atom stereocenters. The number of hydrogen-bond acceptors (Lipinski definition) is 4. The summed E-state index contributed by atoms with van der Waals surface area (Å²) in [5, 5.41) is 5.28. The van der Waals surface area contributed by atoms with Gasteiger partial charge in [0.2, 0.25) is 15.9 Å². The number of amides is 2. The lowest BCUT2D eigenvalue weighted by Crippen LogP contribution is -2.37. The lowest BCUT2D eigenvalue weighted by atomic mass is 10.1. The van der Waals surface area contributed by atoms with Crippen molar-refractivity contribution >= 4 is 27.5 Å². The minimum atomic E-state index is -3.62. The van der Waals surface area contributed by atoms with Gasteiger partial charge in [-0.3, -0.25) is 9.59 Å². The van der Waals surface area contributed by atoms with Crippen LogP contribution in [0.15, 0.2) is 61.2 Å². The number of sulfonamides is 1. The van der Waals surface area contributed by atoms with Gasteiger partial charge in [-0.2, -0.15) is 4.31 Å². The first-order valence-corrected chi connectivity index (χ1v) is 10.8. The molecule has 0 aromatic heterocycles. The molecule has 2 amide bonds. The van der Waals surface area contributed by atoms with Crippen LogP contribution in [0.2, 0.25) is 0 Å². The molecule has 0 atom stereocenters. The highest BCUT2D eigenvalue weighted by molar-refractivity contribution is 7.88. The fourth-order valence-corrected chi connectivity index (χ4v) is 3.32. The van der Waals surface area contributed by atoms with Gasteiger partial charge in [-0.1, -0.05) is 48.0 Å². The lowest BCUT2D eigenvalue weighted by Gasteiger charge is -2.20. The van der Waals surface area contributed by atoms with Crippen molar-refractivity contribution in [2.75, 3.05) is 24.7 Å². The van der Waals surface area contributed by atoms with Crippen molar-refractivity contribution in [2.45, 2.75) is 13.5 Å². The van der Waals surface area contributed by atoms with E-state index >= 15 is 0 Å². The molecule has 0 heterocycles. The molecule has 0 radical (unpaired) electrons. The number of carbonyl (C=O) groups excluding carboxylic acids is 2. The van der Waals surface area contributed by atoms with Crippen molar-refractivity contribution in [2.24, 2.45) is 0 Å². The number of nitrogens with zero attached hydrogens (tertiary/aromatic N) is 1. The second-order valence-electron chi connectivity index (χ2n) is 6.61. The zero-order chi connectivity index (χ0) is 21.4. The first-order valence-electron chi connectivity index (χ1n) is 8.99. The Bertz CT molecular complexity index is 985. The van der Waals surface area contributed by atoms with Crippen molar-refractivity contribution in [1.29, 1.82) is 0 Å². The lowest BCUT2D eigenvalue weighted by molar-refractivity contribution is -0.116. The zero-order valence-electron chi connectivity index (χ0n) is 16.5. The molecule has 0 aliphatic carbocycles. The maximum absolute atomic E-state index is 12.5. The number of hydrogen-bond donors (Lipinski definition) is 2. The standard InChI is InChI=1S/C21H25N3O4S/c1-4-13-22-21(26)18-7-5-6-8-19(18)23-20(25)15-24(29(3,27)28)14-17-11-9-16(2)10-12-17/h4-12H,1,13-15H2,2-3H3,(H,22,26)(H,23,25). The predicted molar refractivity (Wildman–Crippen MR) is 114 cm³/mol. The van der Waals surface area contributed by atoms with E-state index in [1.807, 2.05) is 31.2 Å². The molecule has 154 valence electrons. The molecule has 0 spiro atoms. The van der Waals surface area contributed by atoms with Crippen molar-refractivity contribution in [3.63, 3.8) is 0 Å². The average Bonchev–Trinajstić information content (AvgIpc) is 2.67. The number of benzene rings is 2. The van der Waals surface area contributed by atoms with Crippen molar-refractivity contribution in [1.82, 2.24) is 9.62 Å². The van der Waals surface area contributed by atoms with Gasteiger partial charge in [-0.25, -0.2) is 8.42 Å². The van der Waals surface area contributed by atoms with Crippen LogP contribution in [0.3, 0.4) is 0 Å². The van der Waals surface area contributed by atoms with Crippen LogP contribution in [-0.4, -0.2) is 43.9 Å². The van der Waals surface area contributed by atoms with Crippen LogP contribution >= 0.6 is 0 Å². The molecule has 0 fully saturated rings. The van der Waals surface area contributed by atoms with E-state index in [2.05, 4.69) is 17.2 Å². The molecule has 2 aromatic carbocycles. The molecule has 8 heteroatoms. The van der Waals surface area contributed by atoms with Gasteiger partial charge in [-0.15, -0.1) is 6.58 Å². The summed E-state index contributed by atoms with van der Waals surface area (Å²) in [6.07, 6.45) is 2.61. The monoisotopic (exact) mass is 415 g/mol. The molecule has 2 N–H and O–H groups in total. The smallest absolute Gasteiger partial charge is 0.253 e. The minimum Gasteiger partial charge on any atom is -0.349 e. The van der Waals surface area contributed by atoms with Gasteiger partial charge in [0.15, 0.2) is 0 Å². The Balaban J connectivity index is 2.14. The third-order valence-corrected chi connectivity index (χ3v) is 5.32.